The minimum absolute atomic E-state index is 0.0416. The maximum absolute atomic E-state index is 14.7. The standard InChI is InChI=1S/C38H35F2NO4/c1-38(2,3)45-37(42)27-14-12-25(13-15-27)36-34-29(10-7-11-32(34)44-23-24-8-5-4-6-9-24)33(28-16-17-30(39)31(40)22-28)35(41-36)26-18-20-43-21-19-26/h4-17,22,26H,18-21,23H2,1-3H3. The second-order valence-corrected chi connectivity index (χ2v) is 12.3. The molecule has 1 aliphatic rings. The number of hydrogen-bond acceptors (Lipinski definition) is 5. The average Bonchev–Trinajstić information content (AvgIpc) is 3.04. The zero-order valence-corrected chi connectivity index (χ0v) is 25.6. The Morgan fingerprint density at radius 2 is 1.58 bits per heavy atom. The molecule has 0 aliphatic carbocycles. The fraction of sp³-hybridized carbons (Fsp3) is 0.263. The molecule has 1 fully saturated rings. The summed E-state index contributed by atoms with van der Waals surface area (Å²) in [6.45, 7) is 7.00. The van der Waals surface area contributed by atoms with Gasteiger partial charge in [0.1, 0.15) is 18.0 Å². The first-order valence-corrected chi connectivity index (χ1v) is 15.2. The van der Waals surface area contributed by atoms with Crippen LogP contribution in [0, 0.1) is 11.6 Å². The van der Waals surface area contributed by atoms with E-state index in [2.05, 4.69) is 0 Å². The summed E-state index contributed by atoms with van der Waals surface area (Å²) in [5.74, 6) is -1.58. The van der Waals surface area contributed by atoms with Gasteiger partial charge in [-0.1, -0.05) is 60.7 Å². The molecule has 7 heteroatoms. The van der Waals surface area contributed by atoms with Crippen LogP contribution in [0.15, 0.2) is 91.0 Å². The molecule has 0 spiro atoms. The highest BCUT2D eigenvalue weighted by Gasteiger charge is 2.27. The van der Waals surface area contributed by atoms with Crippen LogP contribution in [-0.4, -0.2) is 29.8 Å². The lowest BCUT2D eigenvalue weighted by Gasteiger charge is -2.26. The first-order chi connectivity index (χ1) is 21.7. The van der Waals surface area contributed by atoms with Crippen LogP contribution in [0.5, 0.6) is 5.75 Å². The molecule has 0 N–H and O–H groups in total. The SMILES string of the molecule is CC(C)(C)OC(=O)c1ccc(-c2nc(C3CCOCC3)c(-c3ccc(F)c(F)c3)c3cccc(OCc4ccccc4)c23)cc1. The Kier molecular flexibility index (Phi) is 8.63. The van der Waals surface area contributed by atoms with Crippen molar-refractivity contribution in [3.63, 3.8) is 0 Å². The quantitative estimate of drug-likeness (QED) is 0.173. The van der Waals surface area contributed by atoms with E-state index in [0.29, 0.717) is 42.4 Å². The van der Waals surface area contributed by atoms with Gasteiger partial charge in [0.25, 0.3) is 0 Å². The second-order valence-electron chi connectivity index (χ2n) is 12.3. The Hall–Kier alpha value is -4.62. The van der Waals surface area contributed by atoms with Crippen LogP contribution >= 0.6 is 0 Å². The van der Waals surface area contributed by atoms with Crippen molar-refractivity contribution >= 4 is 16.7 Å². The van der Waals surface area contributed by atoms with Crippen LogP contribution in [0.1, 0.15) is 61.1 Å². The average molecular weight is 608 g/mol. The number of nitrogens with zero attached hydrogens (tertiary/aromatic N) is 1. The molecular weight excluding hydrogens is 572 g/mol. The summed E-state index contributed by atoms with van der Waals surface area (Å²) in [6, 6.07) is 26.8. The molecule has 1 saturated heterocycles. The van der Waals surface area contributed by atoms with Crippen LogP contribution in [0.25, 0.3) is 33.2 Å². The van der Waals surface area contributed by atoms with E-state index in [1.165, 1.54) is 6.07 Å². The number of fused-ring (bicyclic) bond motifs is 1. The van der Waals surface area contributed by atoms with Crippen molar-refractivity contribution in [2.75, 3.05) is 13.2 Å². The van der Waals surface area contributed by atoms with Crippen LogP contribution < -0.4 is 4.74 Å². The molecule has 0 bridgehead atoms. The molecule has 1 aliphatic heterocycles. The molecule has 5 aromatic rings. The van der Waals surface area contributed by atoms with E-state index in [1.807, 2.05) is 81.4 Å². The molecule has 0 atom stereocenters. The Morgan fingerprint density at radius 1 is 0.867 bits per heavy atom. The fourth-order valence-corrected chi connectivity index (χ4v) is 5.74. The van der Waals surface area contributed by atoms with E-state index in [1.54, 1.807) is 18.2 Å². The highest BCUT2D eigenvalue weighted by atomic mass is 19.2. The molecule has 0 unspecified atom stereocenters. The van der Waals surface area contributed by atoms with Crippen LogP contribution in [-0.2, 0) is 16.1 Å². The van der Waals surface area contributed by atoms with Crippen LogP contribution in [0.2, 0.25) is 0 Å². The Labute approximate surface area is 261 Å². The predicted molar refractivity (Wildman–Crippen MR) is 171 cm³/mol. The monoisotopic (exact) mass is 607 g/mol. The van der Waals surface area contributed by atoms with Crippen molar-refractivity contribution in [2.45, 2.75) is 51.7 Å². The molecule has 4 aromatic carbocycles. The van der Waals surface area contributed by atoms with E-state index in [9.17, 15) is 13.6 Å². The third-order valence-corrected chi connectivity index (χ3v) is 7.87. The lowest BCUT2D eigenvalue weighted by Crippen LogP contribution is -2.23. The summed E-state index contributed by atoms with van der Waals surface area (Å²) >= 11 is 0. The molecule has 1 aromatic heterocycles. The van der Waals surface area contributed by atoms with Crippen molar-refractivity contribution in [1.29, 1.82) is 0 Å². The van der Waals surface area contributed by atoms with Gasteiger partial charge in [0, 0.05) is 30.3 Å². The summed E-state index contributed by atoms with van der Waals surface area (Å²) < 4.78 is 46.5. The molecule has 2 heterocycles. The number of benzene rings is 4. The summed E-state index contributed by atoms with van der Waals surface area (Å²) in [7, 11) is 0. The Bertz CT molecular complexity index is 1830. The van der Waals surface area contributed by atoms with Crippen LogP contribution in [0.3, 0.4) is 0 Å². The van der Waals surface area contributed by atoms with Crippen molar-refractivity contribution < 1.29 is 27.8 Å². The second kappa shape index (κ2) is 12.8. The summed E-state index contributed by atoms with van der Waals surface area (Å²) in [5.41, 5.74) is 4.36. The van der Waals surface area contributed by atoms with Gasteiger partial charge in [0.05, 0.1) is 22.3 Å². The third kappa shape index (κ3) is 6.74. The molecular formula is C38H35F2NO4. The van der Waals surface area contributed by atoms with Gasteiger partial charge in [-0.15, -0.1) is 0 Å². The molecule has 0 radical (unpaired) electrons. The lowest BCUT2D eigenvalue weighted by atomic mass is 9.86. The number of ether oxygens (including phenoxy) is 3. The van der Waals surface area contributed by atoms with Crippen molar-refractivity contribution in [2.24, 2.45) is 0 Å². The number of esters is 1. The maximum atomic E-state index is 14.7. The number of rotatable bonds is 7. The zero-order valence-electron chi connectivity index (χ0n) is 25.6. The van der Waals surface area contributed by atoms with Gasteiger partial charge in [0.2, 0.25) is 0 Å². The number of aromatic nitrogens is 1. The summed E-state index contributed by atoms with van der Waals surface area (Å²) in [6.07, 6.45) is 1.49. The van der Waals surface area contributed by atoms with E-state index < -0.39 is 23.2 Å². The predicted octanol–water partition coefficient (Wildman–Crippen LogP) is 9.28. The number of carbonyl (C=O) groups is 1. The number of pyridine rings is 1. The zero-order chi connectivity index (χ0) is 31.6. The lowest BCUT2D eigenvalue weighted by molar-refractivity contribution is 0.00695. The third-order valence-electron chi connectivity index (χ3n) is 7.87. The number of carbonyl (C=O) groups excluding carboxylic acids is 1. The molecule has 0 amide bonds. The molecule has 6 rings (SSSR count). The van der Waals surface area contributed by atoms with E-state index in [-0.39, 0.29) is 5.92 Å². The Balaban J connectivity index is 1.57. The first kappa shape index (κ1) is 30.4. The van der Waals surface area contributed by atoms with Crippen molar-refractivity contribution in [1.82, 2.24) is 4.98 Å². The van der Waals surface area contributed by atoms with Gasteiger partial charge in [-0.2, -0.15) is 0 Å². The Morgan fingerprint density at radius 3 is 2.27 bits per heavy atom. The highest BCUT2D eigenvalue weighted by Crippen LogP contribution is 2.45. The van der Waals surface area contributed by atoms with Gasteiger partial charge >= 0.3 is 5.97 Å². The van der Waals surface area contributed by atoms with Gasteiger partial charge in [-0.25, -0.2) is 13.6 Å². The topological polar surface area (TPSA) is 57.7 Å². The fourth-order valence-electron chi connectivity index (χ4n) is 5.74. The van der Waals surface area contributed by atoms with Crippen molar-refractivity contribution in [3.8, 4) is 28.1 Å². The molecule has 5 nitrogen and oxygen atoms in total. The van der Waals surface area contributed by atoms with Gasteiger partial charge < -0.3 is 14.2 Å². The first-order valence-electron chi connectivity index (χ1n) is 15.2. The summed E-state index contributed by atoms with van der Waals surface area (Å²) in [4.78, 5) is 18.1. The van der Waals surface area contributed by atoms with Crippen molar-refractivity contribution in [3.05, 3.63) is 119 Å². The molecule has 45 heavy (non-hydrogen) atoms. The van der Waals surface area contributed by atoms with E-state index in [4.69, 9.17) is 19.2 Å². The van der Waals surface area contributed by atoms with E-state index >= 15 is 0 Å². The highest BCUT2D eigenvalue weighted by molar-refractivity contribution is 6.07. The largest absolute Gasteiger partial charge is 0.488 e. The smallest absolute Gasteiger partial charge is 0.338 e. The molecule has 230 valence electrons. The van der Waals surface area contributed by atoms with E-state index in [0.717, 1.165) is 52.1 Å². The minimum atomic E-state index is -0.920. The number of hydrogen-bond donors (Lipinski definition) is 0. The van der Waals surface area contributed by atoms with Gasteiger partial charge in [-0.3, -0.25) is 4.98 Å². The van der Waals surface area contributed by atoms with Crippen LogP contribution in [0.4, 0.5) is 8.78 Å². The van der Waals surface area contributed by atoms with Gasteiger partial charge in [0.15, 0.2) is 11.6 Å². The number of halogens is 2. The maximum Gasteiger partial charge on any atom is 0.338 e. The summed E-state index contributed by atoms with van der Waals surface area (Å²) in [5, 5.41) is 1.56. The molecule has 0 saturated carbocycles. The minimum Gasteiger partial charge on any atom is -0.488 e. The van der Waals surface area contributed by atoms with Gasteiger partial charge in [-0.05, 0) is 80.5 Å². The normalized spacial score (nSPS) is 14.0.